The van der Waals surface area contributed by atoms with Gasteiger partial charge in [-0.3, -0.25) is 4.79 Å². The van der Waals surface area contributed by atoms with Crippen molar-refractivity contribution in [3.8, 4) is 0 Å². The summed E-state index contributed by atoms with van der Waals surface area (Å²) in [6.45, 7) is 7.54. The molecule has 1 aliphatic rings. The lowest BCUT2D eigenvalue weighted by Crippen LogP contribution is -2.41. The molecule has 0 aromatic heterocycles. The molecule has 2 rings (SSSR count). The lowest BCUT2D eigenvalue weighted by atomic mass is 9.66. The Labute approximate surface area is 143 Å². The Bertz CT molecular complexity index is 555. The molecule has 1 aromatic rings. The first-order valence-corrected chi connectivity index (χ1v) is 8.14. The normalized spacial score (nSPS) is 20.9. The van der Waals surface area contributed by atoms with Gasteiger partial charge in [0.1, 0.15) is 5.82 Å². The molecule has 0 radical (unpaired) electrons. The zero-order chi connectivity index (χ0) is 16.7. The molecule has 1 fully saturated rings. The molecule has 1 unspecified atom stereocenters. The maximum Gasteiger partial charge on any atom is 0.466 e. The molecule has 1 saturated heterocycles. The van der Waals surface area contributed by atoms with Gasteiger partial charge in [0.25, 0.3) is 0 Å². The Balaban J connectivity index is 2.43. The summed E-state index contributed by atoms with van der Waals surface area (Å²) in [7, 11) is -0.800. The first-order chi connectivity index (χ1) is 10.0. The van der Waals surface area contributed by atoms with E-state index in [-0.39, 0.29) is 6.42 Å². The average Bonchev–Trinajstić information content (AvgIpc) is 2.56. The predicted molar refractivity (Wildman–Crippen MR) is 90.2 cm³/mol. The molecule has 4 nitrogen and oxygen atoms in total. The molecule has 1 heterocycles. The molecule has 7 heteroatoms. The zero-order valence-electron chi connectivity index (χ0n) is 13.0. The summed E-state index contributed by atoms with van der Waals surface area (Å²) in [4.78, 5) is 11.2. The summed E-state index contributed by atoms with van der Waals surface area (Å²) in [5.41, 5.74) is -0.847. The first kappa shape index (κ1) is 17.7. The summed E-state index contributed by atoms with van der Waals surface area (Å²) in [6.07, 6.45) is -0.256. The molecule has 0 spiro atoms. The second-order valence-corrected chi connectivity index (χ2v) is 7.63. The van der Waals surface area contributed by atoms with Gasteiger partial charge in [-0.25, -0.2) is 4.39 Å². The molecule has 1 aliphatic heterocycles. The minimum absolute atomic E-state index is 0.256. The number of carboxylic acids is 1. The van der Waals surface area contributed by atoms with Crippen LogP contribution in [0, 0.1) is 9.39 Å². The van der Waals surface area contributed by atoms with Gasteiger partial charge in [-0.2, -0.15) is 0 Å². The van der Waals surface area contributed by atoms with Crippen LogP contribution in [0.5, 0.6) is 0 Å². The third-order valence-electron chi connectivity index (χ3n) is 4.37. The van der Waals surface area contributed by atoms with Gasteiger partial charge in [-0.15, -0.1) is 0 Å². The maximum absolute atomic E-state index is 14.3. The highest BCUT2D eigenvalue weighted by atomic mass is 127. The van der Waals surface area contributed by atoms with Crippen molar-refractivity contribution in [2.75, 3.05) is 0 Å². The van der Waals surface area contributed by atoms with Crippen molar-refractivity contribution in [3.05, 3.63) is 33.1 Å². The fraction of sp³-hybridized carbons (Fsp3) is 0.533. The summed E-state index contributed by atoms with van der Waals surface area (Å²) < 4.78 is 26.8. The van der Waals surface area contributed by atoms with E-state index in [2.05, 4.69) is 0 Å². The van der Waals surface area contributed by atoms with Crippen LogP contribution in [0.1, 0.15) is 45.5 Å². The largest absolute Gasteiger partial charge is 0.481 e. The number of aliphatic carboxylic acids is 1. The van der Waals surface area contributed by atoms with Crippen LogP contribution in [0.2, 0.25) is 0 Å². The average molecular weight is 420 g/mol. The standard InChI is InChI=1S/C15H19BFIO4/c1-14(2)15(3,4)22-16(21-14)9(8-12(19)20)13-10(17)6-5-7-11(13)18/h5-7,9H,8H2,1-4H3,(H,19,20). The molecule has 1 atom stereocenters. The number of rotatable bonds is 4. The number of hydrogen-bond acceptors (Lipinski definition) is 3. The third-order valence-corrected chi connectivity index (χ3v) is 5.31. The van der Waals surface area contributed by atoms with E-state index in [0.29, 0.717) is 9.13 Å². The Kier molecular flexibility index (Phi) is 4.89. The molecule has 120 valence electrons. The lowest BCUT2D eigenvalue weighted by molar-refractivity contribution is -0.137. The zero-order valence-corrected chi connectivity index (χ0v) is 15.2. The van der Waals surface area contributed by atoms with Crippen molar-refractivity contribution in [1.29, 1.82) is 0 Å². The monoisotopic (exact) mass is 420 g/mol. The van der Waals surface area contributed by atoms with E-state index in [1.165, 1.54) is 6.07 Å². The van der Waals surface area contributed by atoms with Gasteiger partial charge < -0.3 is 14.4 Å². The van der Waals surface area contributed by atoms with Gasteiger partial charge in [-0.1, -0.05) is 6.07 Å². The van der Waals surface area contributed by atoms with E-state index < -0.39 is 35.9 Å². The Morgan fingerprint density at radius 1 is 1.32 bits per heavy atom. The van der Waals surface area contributed by atoms with Crippen LogP contribution in [-0.2, 0) is 14.1 Å². The highest BCUT2D eigenvalue weighted by molar-refractivity contribution is 14.1. The van der Waals surface area contributed by atoms with Gasteiger partial charge in [-0.05, 0) is 62.4 Å². The van der Waals surface area contributed by atoms with Crippen molar-refractivity contribution in [1.82, 2.24) is 0 Å². The van der Waals surface area contributed by atoms with Crippen LogP contribution in [-0.4, -0.2) is 29.4 Å². The molecule has 0 bridgehead atoms. The Morgan fingerprint density at radius 2 is 1.86 bits per heavy atom. The van der Waals surface area contributed by atoms with Crippen LogP contribution in [0.3, 0.4) is 0 Å². The number of carbonyl (C=O) groups is 1. The van der Waals surface area contributed by atoms with Crippen molar-refractivity contribution in [2.45, 2.75) is 51.1 Å². The van der Waals surface area contributed by atoms with Gasteiger partial charge >= 0.3 is 13.1 Å². The molecular formula is C15H19BFIO4. The summed E-state index contributed by atoms with van der Waals surface area (Å²) in [5, 5.41) is 9.21. The molecule has 0 amide bonds. The number of carboxylic acid groups (broad SMARTS) is 1. The number of benzene rings is 1. The third kappa shape index (κ3) is 3.31. The topological polar surface area (TPSA) is 55.8 Å². The molecule has 0 aliphatic carbocycles. The van der Waals surface area contributed by atoms with Crippen molar-refractivity contribution in [3.63, 3.8) is 0 Å². The van der Waals surface area contributed by atoms with Crippen molar-refractivity contribution >= 4 is 35.7 Å². The van der Waals surface area contributed by atoms with Gasteiger partial charge in [0.2, 0.25) is 0 Å². The lowest BCUT2D eigenvalue weighted by Gasteiger charge is -2.32. The van der Waals surface area contributed by atoms with E-state index >= 15 is 0 Å². The number of hydrogen-bond donors (Lipinski definition) is 1. The van der Waals surface area contributed by atoms with Crippen molar-refractivity contribution in [2.24, 2.45) is 0 Å². The second kappa shape index (κ2) is 6.09. The van der Waals surface area contributed by atoms with E-state index in [1.807, 2.05) is 50.3 Å². The quantitative estimate of drug-likeness (QED) is 0.598. The Hall–Kier alpha value is -0.665. The molecule has 22 heavy (non-hydrogen) atoms. The fourth-order valence-electron chi connectivity index (χ4n) is 2.44. The predicted octanol–water partition coefficient (Wildman–Crippen LogP) is 3.62. The van der Waals surface area contributed by atoms with Crippen LogP contribution in [0.25, 0.3) is 0 Å². The van der Waals surface area contributed by atoms with Gasteiger partial charge in [0, 0.05) is 15.0 Å². The SMILES string of the molecule is CC1(C)OB(C(CC(=O)O)c2c(F)cccc2I)OC1(C)C. The van der Waals surface area contributed by atoms with E-state index in [9.17, 15) is 14.3 Å². The Morgan fingerprint density at radius 3 is 2.32 bits per heavy atom. The van der Waals surface area contributed by atoms with Gasteiger partial charge in [0.15, 0.2) is 0 Å². The summed E-state index contributed by atoms with van der Waals surface area (Å²) in [6, 6.07) is 4.68. The van der Waals surface area contributed by atoms with Crippen LogP contribution < -0.4 is 0 Å². The van der Waals surface area contributed by atoms with E-state index in [0.717, 1.165) is 0 Å². The minimum atomic E-state index is -1.02. The van der Waals surface area contributed by atoms with Crippen LogP contribution >= 0.6 is 22.6 Å². The molecule has 0 saturated carbocycles. The highest BCUT2D eigenvalue weighted by Crippen LogP contribution is 2.42. The van der Waals surface area contributed by atoms with Crippen molar-refractivity contribution < 1.29 is 23.6 Å². The number of halogens is 2. The second-order valence-electron chi connectivity index (χ2n) is 6.46. The minimum Gasteiger partial charge on any atom is -0.481 e. The first-order valence-electron chi connectivity index (χ1n) is 7.06. The summed E-state index contributed by atoms with van der Waals surface area (Å²) in [5.74, 6) is -2.15. The van der Waals surface area contributed by atoms with Crippen LogP contribution in [0.4, 0.5) is 4.39 Å². The van der Waals surface area contributed by atoms with E-state index in [4.69, 9.17) is 9.31 Å². The fourth-order valence-corrected chi connectivity index (χ4v) is 3.31. The molecule has 1 N–H and O–H groups in total. The van der Waals surface area contributed by atoms with E-state index in [1.54, 1.807) is 12.1 Å². The van der Waals surface area contributed by atoms with Gasteiger partial charge in [0.05, 0.1) is 17.6 Å². The molecular weight excluding hydrogens is 401 g/mol. The smallest absolute Gasteiger partial charge is 0.466 e. The summed E-state index contributed by atoms with van der Waals surface area (Å²) >= 11 is 2.01. The van der Waals surface area contributed by atoms with Crippen LogP contribution in [0.15, 0.2) is 18.2 Å². The highest BCUT2D eigenvalue weighted by Gasteiger charge is 2.54. The maximum atomic E-state index is 14.3. The molecule has 1 aromatic carbocycles.